The third-order valence-electron chi connectivity index (χ3n) is 2.53. The van der Waals surface area contributed by atoms with E-state index in [1.54, 1.807) is 6.07 Å². The van der Waals surface area contributed by atoms with Gasteiger partial charge in [-0.1, -0.05) is 0 Å². The predicted molar refractivity (Wildman–Crippen MR) is 62.0 cm³/mol. The third kappa shape index (κ3) is 3.20. The van der Waals surface area contributed by atoms with Crippen molar-refractivity contribution >= 4 is 21.4 Å². The molecule has 0 fully saturated rings. The lowest BCUT2D eigenvalue weighted by Crippen LogP contribution is -2.09. The van der Waals surface area contributed by atoms with E-state index in [9.17, 15) is 22.7 Å². The van der Waals surface area contributed by atoms with Crippen molar-refractivity contribution in [3.05, 3.63) is 35.0 Å². The van der Waals surface area contributed by atoms with Gasteiger partial charge in [-0.3, -0.25) is 0 Å². The maximum absolute atomic E-state index is 12.9. The molecule has 0 bridgehead atoms. The first-order valence-corrected chi connectivity index (χ1v) is 6.10. The van der Waals surface area contributed by atoms with E-state index in [2.05, 4.69) is 0 Å². The van der Waals surface area contributed by atoms with E-state index >= 15 is 0 Å². The van der Waals surface area contributed by atoms with E-state index in [1.165, 1.54) is 29.5 Å². The molecule has 1 heterocycles. The quantitative estimate of drug-likeness (QED) is 0.824. The summed E-state index contributed by atoms with van der Waals surface area (Å²) in [5, 5.41) is 10.3. The van der Waals surface area contributed by atoms with Crippen LogP contribution in [0, 0.1) is 5.82 Å². The number of hydrogen-bond acceptors (Lipinski definition) is 2. The molecule has 1 unspecified atom stereocenters. The Morgan fingerprint density at radius 1 is 1.22 bits per heavy atom. The van der Waals surface area contributed by atoms with Gasteiger partial charge in [0.05, 0.1) is 6.10 Å². The van der Waals surface area contributed by atoms with Crippen molar-refractivity contribution in [2.24, 2.45) is 0 Å². The lowest BCUT2D eigenvalue weighted by Gasteiger charge is -2.10. The Morgan fingerprint density at radius 3 is 2.61 bits per heavy atom. The highest BCUT2D eigenvalue weighted by Gasteiger charge is 2.28. The molecule has 2 aromatic rings. The summed E-state index contributed by atoms with van der Waals surface area (Å²) in [5.74, 6) is -0.406. The van der Waals surface area contributed by atoms with Crippen molar-refractivity contribution in [2.45, 2.75) is 25.1 Å². The van der Waals surface area contributed by atoms with Gasteiger partial charge in [0, 0.05) is 16.0 Å². The number of halogens is 4. The normalized spacial score (nSPS) is 14.1. The number of alkyl halides is 3. The molecule has 0 aliphatic carbocycles. The number of fused-ring (bicyclic) bond motifs is 1. The highest BCUT2D eigenvalue weighted by atomic mass is 32.1. The highest BCUT2D eigenvalue weighted by molar-refractivity contribution is 7.19. The summed E-state index contributed by atoms with van der Waals surface area (Å²) in [5.41, 5.74) is 0. The molecule has 6 heteroatoms. The summed E-state index contributed by atoms with van der Waals surface area (Å²) in [6.45, 7) is 0. The van der Waals surface area contributed by atoms with Crippen molar-refractivity contribution in [1.29, 1.82) is 0 Å². The minimum atomic E-state index is -4.27. The van der Waals surface area contributed by atoms with Gasteiger partial charge in [-0.25, -0.2) is 4.39 Å². The SMILES string of the molecule is OC(CCC(F)(F)F)c1cc2cc(F)ccc2s1. The number of aliphatic hydroxyl groups excluding tert-OH is 1. The van der Waals surface area contributed by atoms with E-state index in [4.69, 9.17) is 0 Å². The molecule has 0 aliphatic heterocycles. The Hall–Kier alpha value is -1.14. The van der Waals surface area contributed by atoms with Gasteiger partial charge in [-0.15, -0.1) is 11.3 Å². The minimum absolute atomic E-state index is 0.376. The molecule has 1 aromatic heterocycles. The Balaban J connectivity index is 2.15. The molecule has 1 aromatic carbocycles. The summed E-state index contributed by atoms with van der Waals surface area (Å²) in [7, 11) is 0. The molecular formula is C12H10F4OS. The highest BCUT2D eigenvalue weighted by Crippen LogP contribution is 2.34. The van der Waals surface area contributed by atoms with Crippen LogP contribution in [0.25, 0.3) is 10.1 Å². The third-order valence-corrected chi connectivity index (χ3v) is 3.74. The van der Waals surface area contributed by atoms with Crippen LogP contribution in [0.5, 0.6) is 0 Å². The predicted octanol–water partition coefficient (Wildman–Crippen LogP) is 4.42. The van der Waals surface area contributed by atoms with Gasteiger partial charge in [0.25, 0.3) is 0 Å². The van der Waals surface area contributed by atoms with Crippen LogP contribution in [0.15, 0.2) is 24.3 Å². The number of benzene rings is 1. The summed E-state index contributed by atoms with van der Waals surface area (Å²) in [6.07, 6.45) is -6.84. The van der Waals surface area contributed by atoms with E-state index in [0.717, 1.165) is 4.70 Å². The standard InChI is InChI=1S/C12H10F4OS/c13-8-1-2-10-7(5-8)6-11(18-10)9(17)3-4-12(14,15)16/h1-2,5-6,9,17H,3-4H2. The van der Waals surface area contributed by atoms with Gasteiger partial charge in [-0.05, 0) is 36.1 Å². The Labute approximate surface area is 105 Å². The zero-order valence-electron chi connectivity index (χ0n) is 9.17. The molecule has 0 spiro atoms. The number of rotatable bonds is 3. The van der Waals surface area contributed by atoms with E-state index in [1.807, 2.05) is 0 Å². The molecule has 0 saturated heterocycles. The average molecular weight is 278 g/mol. The molecule has 0 saturated carbocycles. The fourth-order valence-corrected chi connectivity index (χ4v) is 2.71. The first-order chi connectivity index (χ1) is 8.35. The van der Waals surface area contributed by atoms with E-state index in [0.29, 0.717) is 10.3 Å². The molecular weight excluding hydrogens is 268 g/mol. The second kappa shape index (κ2) is 4.85. The van der Waals surface area contributed by atoms with Gasteiger partial charge < -0.3 is 5.11 Å². The largest absolute Gasteiger partial charge is 0.389 e. The van der Waals surface area contributed by atoms with Crippen molar-refractivity contribution in [2.75, 3.05) is 0 Å². The van der Waals surface area contributed by atoms with Crippen LogP contribution in [-0.4, -0.2) is 11.3 Å². The van der Waals surface area contributed by atoms with E-state index < -0.39 is 24.5 Å². The van der Waals surface area contributed by atoms with Crippen LogP contribution >= 0.6 is 11.3 Å². The topological polar surface area (TPSA) is 20.2 Å². The van der Waals surface area contributed by atoms with Crippen LogP contribution in [0.1, 0.15) is 23.8 Å². The molecule has 1 N–H and O–H groups in total. The van der Waals surface area contributed by atoms with Gasteiger partial charge in [0.1, 0.15) is 5.82 Å². The van der Waals surface area contributed by atoms with Crippen LogP contribution in [0.2, 0.25) is 0 Å². The van der Waals surface area contributed by atoms with Gasteiger partial charge in [-0.2, -0.15) is 13.2 Å². The van der Waals surface area contributed by atoms with Crippen LogP contribution in [0.3, 0.4) is 0 Å². The monoisotopic (exact) mass is 278 g/mol. The van der Waals surface area contributed by atoms with Crippen LogP contribution in [-0.2, 0) is 0 Å². The molecule has 1 nitrogen and oxygen atoms in total. The lowest BCUT2D eigenvalue weighted by molar-refractivity contribution is -0.140. The summed E-state index contributed by atoms with van der Waals surface area (Å²) >= 11 is 1.18. The Morgan fingerprint density at radius 2 is 1.94 bits per heavy atom. The van der Waals surface area contributed by atoms with E-state index in [-0.39, 0.29) is 6.42 Å². The molecule has 0 radical (unpaired) electrons. The zero-order chi connectivity index (χ0) is 13.3. The maximum atomic E-state index is 12.9. The maximum Gasteiger partial charge on any atom is 0.389 e. The fraction of sp³-hybridized carbons (Fsp3) is 0.333. The van der Waals surface area contributed by atoms with Crippen LogP contribution < -0.4 is 0 Å². The Bertz CT molecular complexity index is 546. The number of hydrogen-bond donors (Lipinski definition) is 1. The smallest absolute Gasteiger partial charge is 0.388 e. The molecule has 18 heavy (non-hydrogen) atoms. The first-order valence-electron chi connectivity index (χ1n) is 5.29. The van der Waals surface area contributed by atoms with Crippen molar-refractivity contribution in [1.82, 2.24) is 0 Å². The molecule has 98 valence electrons. The van der Waals surface area contributed by atoms with Crippen molar-refractivity contribution in [3.8, 4) is 0 Å². The summed E-state index contributed by atoms with van der Waals surface area (Å²) < 4.78 is 49.8. The average Bonchev–Trinajstić information content (AvgIpc) is 2.67. The summed E-state index contributed by atoms with van der Waals surface area (Å²) in [6, 6.07) is 5.66. The molecule has 2 rings (SSSR count). The van der Waals surface area contributed by atoms with Gasteiger partial charge in [0.2, 0.25) is 0 Å². The Kier molecular flexibility index (Phi) is 3.59. The van der Waals surface area contributed by atoms with Gasteiger partial charge in [0.15, 0.2) is 0 Å². The molecule has 1 atom stereocenters. The van der Waals surface area contributed by atoms with Crippen molar-refractivity contribution in [3.63, 3.8) is 0 Å². The molecule has 0 amide bonds. The zero-order valence-corrected chi connectivity index (χ0v) is 9.98. The second-order valence-corrected chi connectivity index (χ2v) is 5.12. The van der Waals surface area contributed by atoms with Crippen LogP contribution in [0.4, 0.5) is 17.6 Å². The number of thiophene rings is 1. The second-order valence-electron chi connectivity index (χ2n) is 4.00. The van der Waals surface area contributed by atoms with Crippen molar-refractivity contribution < 1.29 is 22.7 Å². The lowest BCUT2D eigenvalue weighted by atomic mass is 10.1. The fourth-order valence-electron chi connectivity index (χ4n) is 1.64. The van der Waals surface area contributed by atoms with Gasteiger partial charge >= 0.3 is 6.18 Å². The minimum Gasteiger partial charge on any atom is -0.388 e. The summed E-state index contributed by atoms with van der Waals surface area (Å²) in [4.78, 5) is 0.430. The first kappa shape index (κ1) is 13.3. The molecule has 0 aliphatic rings. The number of aliphatic hydroxyl groups is 1.